The molecular formula is C7H13O2. The summed E-state index contributed by atoms with van der Waals surface area (Å²) in [5.41, 5.74) is -0.373. The highest BCUT2D eigenvalue weighted by atomic mass is 16.5. The van der Waals surface area contributed by atoms with E-state index in [1.54, 1.807) is 0 Å². The van der Waals surface area contributed by atoms with Crippen LogP contribution in [0.3, 0.4) is 0 Å². The number of hydrogen-bond donors (Lipinski definition) is 0. The summed E-state index contributed by atoms with van der Waals surface area (Å²) >= 11 is 0. The Morgan fingerprint density at radius 2 is 2.11 bits per heavy atom. The third kappa shape index (κ3) is 2.04. The van der Waals surface area contributed by atoms with E-state index in [4.69, 9.17) is 0 Å². The fraction of sp³-hybridized carbons (Fsp3) is 0.714. The van der Waals surface area contributed by atoms with Gasteiger partial charge in [0, 0.05) is 0 Å². The highest BCUT2D eigenvalue weighted by Gasteiger charge is 2.25. The molecule has 0 aromatic rings. The molecule has 0 saturated carbocycles. The van der Waals surface area contributed by atoms with Gasteiger partial charge in [-0.2, -0.15) is 0 Å². The molecule has 0 aromatic carbocycles. The molecule has 0 aliphatic rings. The predicted molar refractivity (Wildman–Crippen MR) is 35.5 cm³/mol. The van der Waals surface area contributed by atoms with Gasteiger partial charge in [0.25, 0.3) is 0 Å². The van der Waals surface area contributed by atoms with Gasteiger partial charge in [0.2, 0.25) is 0 Å². The molecule has 2 heteroatoms. The Labute approximate surface area is 56.2 Å². The number of carbonyl (C=O) groups excluding carboxylic acids is 1. The van der Waals surface area contributed by atoms with Crippen LogP contribution in [0.15, 0.2) is 0 Å². The molecule has 0 unspecified atom stereocenters. The van der Waals surface area contributed by atoms with Crippen molar-refractivity contribution < 1.29 is 9.53 Å². The highest BCUT2D eigenvalue weighted by molar-refractivity contribution is 5.75. The van der Waals surface area contributed by atoms with Gasteiger partial charge in [0.15, 0.2) is 0 Å². The van der Waals surface area contributed by atoms with E-state index in [-0.39, 0.29) is 11.4 Å². The summed E-state index contributed by atoms with van der Waals surface area (Å²) in [4.78, 5) is 10.8. The lowest BCUT2D eigenvalue weighted by Crippen LogP contribution is -2.23. The van der Waals surface area contributed by atoms with Gasteiger partial charge in [0.1, 0.15) is 7.11 Å². The largest absolute Gasteiger partial charge is 0.462 e. The Hall–Kier alpha value is -0.530. The average Bonchev–Trinajstić information content (AvgIpc) is 1.86. The molecule has 0 aliphatic heterocycles. The lowest BCUT2D eigenvalue weighted by Gasteiger charge is -2.17. The first kappa shape index (κ1) is 8.47. The molecule has 0 aliphatic carbocycles. The van der Waals surface area contributed by atoms with Gasteiger partial charge >= 0.3 is 5.97 Å². The van der Waals surface area contributed by atoms with Crippen LogP contribution >= 0.6 is 0 Å². The fourth-order valence-electron chi connectivity index (χ4n) is 0.340. The molecule has 2 nitrogen and oxygen atoms in total. The molecule has 53 valence electrons. The summed E-state index contributed by atoms with van der Waals surface area (Å²) in [5.74, 6) is -0.245. The van der Waals surface area contributed by atoms with E-state index < -0.39 is 0 Å². The van der Waals surface area contributed by atoms with Gasteiger partial charge in [-0.25, -0.2) is 0 Å². The van der Waals surface area contributed by atoms with Gasteiger partial charge in [-0.1, -0.05) is 6.92 Å². The number of hydrogen-bond acceptors (Lipinski definition) is 2. The first-order valence-electron chi connectivity index (χ1n) is 3.01. The van der Waals surface area contributed by atoms with Crippen LogP contribution in [-0.4, -0.2) is 5.97 Å². The molecule has 0 spiro atoms. The van der Waals surface area contributed by atoms with Crippen LogP contribution < -0.4 is 0 Å². The summed E-state index contributed by atoms with van der Waals surface area (Å²) in [6, 6.07) is 0. The first-order valence-corrected chi connectivity index (χ1v) is 3.01. The predicted octanol–water partition coefficient (Wildman–Crippen LogP) is 1.76. The van der Waals surface area contributed by atoms with Crippen LogP contribution in [0, 0.1) is 12.5 Å². The Morgan fingerprint density at radius 3 is 2.22 bits per heavy atom. The number of carbonyl (C=O) groups is 1. The molecule has 9 heavy (non-hydrogen) atoms. The maximum atomic E-state index is 10.8. The Kier molecular flexibility index (Phi) is 2.68. The zero-order chi connectivity index (χ0) is 7.49. The van der Waals surface area contributed by atoms with E-state index in [1.165, 1.54) is 0 Å². The molecule has 0 rings (SSSR count). The molecule has 0 saturated heterocycles. The van der Waals surface area contributed by atoms with Crippen LogP contribution in [0.1, 0.15) is 27.2 Å². The lowest BCUT2D eigenvalue weighted by atomic mass is 9.91. The number of rotatable bonds is 2. The van der Waals surface area contributed by atoms with Crippen molar-refractivity contribution in [1.82, 2.24) is 0 Å². The summed E-state index contributed by atoms with van der Waals surface area (Å²) in [5, 5.41) is 0. The molecule has 0 fully saturated rings. The minimum atomic E-state index is -0.373. The summed E-state index contributed by atoms with van der Waals surface area (Å²) in [6.45, 7) is 5.61. The van der Waals surface area contributed by atoms with Crippen molar-refractivity contribution in [3.8, 4) is 0 Å². The fourth-order valence-corrected chi connectivity index (χ4v) is 0.340. The van der Waals surface area contributed by atoms with E-state index in [0.717, 1.165) is 6.42 Å². The minimum absolute atomic E-state index is 0.245. The van der Waals surface area contributed by atoms with Gasteiger partial charge in [-0.3, -0.25) is 4.79 Å². The lowest BCUT2D eigenvalue weighted by molar-refractivity contribution is -0.148. The van der Waals surface area contributed by atoms with Gasteiger partial charge < -0.3 is 4.74 Å². The van der Waals surface area contributed by atoms with E-state index in [0.29, 0.717) is 0 Å². The zero-order valence-electron chi connectivity index (χ0n) is 6.23. The standard InChI is InChI=1S/C7H13O2/c1-5-7(2,3)6(8)9-4/h4-5H2,1-3H3. The second-order valence-corrected chi connectivity index (χ2v) is 2.67. The van der Waals surface area contributed by atoms with Crippen molar-refractivity contribution in [1.29, 1.82) is 0 Å². The molecule has 0 atom stereocenters. The van der Waals surface area contributed by atoms with Gasteiger partial charge in [0.05, 0.1) is 5.41 Å². The number of ether oxygens (including phenoxy) is 1. The third-order valence-corrected chi connectivity index (χ3v) is 1.57. The van der Waals surface area contributed by atoms with Crippen LogP contribution in [-0.2, 0) is 9.53 Å². The van der Waals surface area contributed by atoms with E-state index >= 15 is 0 Å². The molecule has 0 aromatic heterocycles. The molecule has 0 bridgehead atoms. The molecular weight excluding hydrogens is 116 g/mol. The third-order valence-electron chi connectivity index (χ3n) is 1.57. The zero-order valence-corrected chi connectivity index (χ0v) is 6.23. The van der Waals surface area contributed by atoms with Crippen molar-refractivity contribution in [2.45, 2.75) is 27.2 Å². The SMILES string of the molecule is [CH2]OC(=O)C(C)(C)CC. The normalized spacial score (nSPS) is 11.1. The van der Waals surface area contributed by atoms with Crippen molar-refractivity contribution in [2.75, 3.05) is 0 Å². The van der Waals surface area contributed by atoms with Crippen molar-refractivity contribution in [3.63, 3.8) is 0 Å². The average molecular weight is 129 g/mol. The second kappa shape index (κ2) is 2.85. The van der Waals surface area contributed by atoms with E-state index in [1.807, 2.05) is 20.8 Å². The summed E-state index contributed by atoms with van der Waals surface area (Å²) in [7, 11) is 3.05. The maximum Gasteiger partial charge on any atom is 0.311 e. The van der Waals surface area contributed by atoms with E-state index in [2.05, 4.69) is 11.8 Å². The monoisotopic (exact) mass is 129 g/mol. The van der Waals surface area contributed by atoms with Crippen LogP contribution in [0.5, 0.6) is 0 Å². The topological polar surface area (TPSA) is 26.3 Å². The summed E-state index contributed by atoms with van der Waals surface area (Å²) in [6.07, 6.45) is 0.779. The van der Waals surface area contributed by atoms with Crippen LogP contribution in [0.25, 0.3) is 0 Å². The Balaban J connectivity index is 3.97. The van der Waals surface area contributed by atoms with Crippen molar-refractivity contribution in [2.24, 2.45) is 5.41 Å². The Bertz CT molecular complexity index is 105. The van der Waals surface area contributed by atoms with Crippen LogP contribution in [0.2, 0.25) is 0 Å². The molecule has 0 N–H and O–H groups in total. The highest BCUT2D eigenvalue weighted by Crippen LogP contribution is 2.20. The minimum Gasteiger partial charge on any atom is -0.462 e. The van der Waals surface area contributed by atoms with Crippen LogP contribution in [0.4, 0.5) is 0 Å². The maximum absolute atomic E-state index is 10.8. The first-order chi connectivity index (χ1) is 4.04. The van der Waals surface area contributed by atoms with Gasteiger partial charge in [-0.05, 0) is 20.3 Å². The second-order valence-electron chi connectivity index (χ2n) is 2.67. The summed E-state index contributed by atoms with van der Waals surface area (Å²) < 4.78 is 4.32. The van der Waals surface area contributed by atoms with Gasteiger partial charge in [-0.15, -0.1) is 0 Å². The Morgan fingerprint density at radius 1 is 1.67 bits per heavy atom. The van der Waals surface area contributed by atoms with Crippen molar-refractivity contribution in [3.05, 3.63) is 7.11 Å². The van der Waals surface area contributed by atoms with Crippen molar-refractivity contribution >= 4 is 5.97 Å². The molecule has 0 heterocycles. The van der Waals surface area contributed by atoms with E-state index in [9.17, 15) is 4.79 Å². The quantitative estimate of drug-likeness (QED) is 0.531. The smallest absolute Gasteiger partial charge is 0.311 e. The number of esters is 1. The molecule has 1 radical (unpaired) electrons. The molecule has 0 amide bonds.